The summed E-state index contributed by atoms with van der Waals surface area (Å²) in [6, 6.07) is 9.54. The maximum atomic E-state index is 11.4. The molecule has 1 aromatic rings. The summed E-state index contributed by atoms with van der Waals surface area (Å²) in [5.74, 6) is 0.0813. The van der Waals surface area contributed by atoms with Gasteiger partial charge >= 0.3 is 0 Å². The summed E-state index contributed by atoms with van der Waals surface area (Å²) in [6.45, 7) is 7.66. The fraction of sp³-hybridized carbons (Fsp3) is 0.667. The standard InChI is InChI=1S/C21H29N3O3/c1-20(2)12-16-11-18(25)19(21(16,26)14-27-20)24-9-7-23(8-10-24)17-5-3-15(13-22)4-6-17/h3-6,16,18-19,25-26H,7-12,14H2,1-2H3/t16-,18-,19+,21+/m1/s1. The van der Waals surface area contributed by atoms with Crippen LogP contribution in [0.3, 0.4) is 0 Å². The Morgan fingerprint density at radius 1 is 1.15 bits per heavy atom. The molecule has 0 radical (unpaired) electrons. The second-order valence-electron chi connectivity index (χ2n) is 8.87. The van der Waals surface area contributed by atoms with Gasteiger partial charge in [0.25, 0.3) is 0 Å². The van der Waals surface area contributed by atoms with Crippen LogP contribution in [0.2, 0.25) is 0 Å². The van der Waals surface area contributed by atoms with Gasteiger partial charge in [-0.2, -0.15) is 5.26 Å². The van der Waals surface area contributed by atoms with Gasteiger partial charge in [0, 0.05) is 31.9 Å². The van der Waals surface area contributed by atoms with Crippen molar-refractivity contribution >= 4 is 5.69 Å². The highest BCUT2D eigenvalue weighted by atomic mass is 16.5. The summed E-state index contributed by atoms with van der Waals surface area (Å²) in [5, 5.41) is 31.1. The molecule has 0 unspecified atom stereocenters. The van der Waals surface area contributed by atoms with Crippen LogP contribution in [0.1, 0.15) is 32.3 Å². The summed E-state index contributed by atoms with van der Waals surface area (Å²) >= 11 is 0. The zero-order chi connectivity index (χ0) is 19.2. The molecule has 2 N–H and O–H groups in total. The Bertz CT molecular complexity index is 721. The number of aliphatic hydroxyl groups is 2. The predicted molar refractivity (Wildman–Crippen MR) is 102 cm³/mol. The minimum absolute atomic E-state index is 0.0813. The van der Waals surface area contributed by atoms with Crippen LogP contribution in [0.4, 0.5) is 5.69 Å². The van der Waals surface area contributed by atoms with Gasteiger partial charge in [0.2, 0.25) is 0 Å². The van der Waals surface area contributed by atoms with E-state index in [4.69, 9.17) is 10.00 Å². The smallest absolute Gasteiger partial charge is 0.109 e. The summed E-state index contributed by atoms with van der Waals surface area (Å²) in [5.41, 5.74) is 0.575. The van der Waals surface area contributed by atoms with E-state index in [2.05, 4.69) is 29.7 Å². The highest BCUT2D eigenvalue weighted by molar-refractivity contribution is 5.50. The number of aliphatic hydroxyl groups excluding tert-OH is 1. The average Bonchev–Trinajstić information content (AvgIpc) is 2.91. The van der Waals surface area contributed by atoms with Crippen LogP contribution in [0, 0.1) is 17.2 Å². The molecule has 27 heavy (non-hydrogen) atoms. The fourth-order valence-corrected chi connectivity index (χ4v) is 5.19. The lowest BCUT2D eigenvalue weighted by molar-refractivity contribution is -0.198. The molecule has 3 fully saturated rings. The normalized spacial score (nSPS) is 36.3. The number of hydrogen-bond acceptors (Lipinski definition) is 6. The molecular weight excluding hydrogens is 342 g/mol. The zero-order valence-electron chi connectivity index (χ0n) is 16.1. The monoisotopic (exact) mass is 371 g/mol. The van der Waals surface area contributed by atoms with Gasteiger partial charge in [-0.25, -0.2) is 0 Å². The Morgan fingerprint density at radius 2 is 1.81 bits per heavy atom. The Labute approximate surface area is 161 Å². The first-order chi connectivity index (χ1) is 12.8. The van der Waals surface area contributed by atoms with Gasteiger partial charge in [0.05, 0.1) is 36.0 Å². The van der Waals surface area contributed by atoms with Crippen molar-refractivity contribution in [2.75, 3.05) is 37.7 Å². The quantitative estimate of drug-likeness (QED) is 0.817. The number of piperazine rings is 1. The molecule has 0 amide bonds. The molecule has 0 spiro atoms. The van der Waals surface area contributed by atoms with Crippen LogP contribution in [-0.2, 0) is 4.74 Å². The molecule has 1 aromatic carbocycles. The molecule has 1 aliphatic carbocycles. The highest BCUT2D eigenvalue weighted by Gasteiger charge is 2.59. The Hall–Kier alpha value is -1.65. The average molecular weight is 371 g/mol. The molecule has 2 heterocycles. The number of rotatable bonds is 2. The first-order valence-electron chi connectivity index (χ1n) is 9.86. The predicted octanol–water partition coefficient (Wildman–Crippen LogP) is 1.36. The Balaban J connectivity index is 1.44. The van der Waals surface area contributed by atoms with E-state index in [0.717, 1.165) is 38.3 Å². The number of hydrogen-bond donors (Lipinski definition) is 2. The van der Waals surface area contributed by atoms with E-state index in [9.17, 15) is 10.2 Å². The lowest BCUT2D eigenvalue weighted by atomic mass is 9.78. The third-order valence-electron chi connectivity index (χ3n) is 6.61. The maximum absolute atomic E-state index is 11.4. The zero-order valence-corrected chi connectivity index (χ0v) is 16.1. The van der Waals surface area contributed by atoms with Crippen molar-refractivity contribution in [3.05, 3.63) is 29.8 Å². The second kappa shape index (κ2) is 6.75. The van der Waals surface area contributed by atoms with E-state index in [-0.39, 0.29) is 17.6 Å². The van der Waals surface area contributed by atoms with E-state index in [0.29, 0.717) is 18.6 Å². The van der Waals surface area contributed by atoms with Gasteiger partial charge < -0.3 is 19.8 Å². The van der Waals surface area contributed by atoms with Gasteiger partial charge in [-0.1, -0.05) is 0 Å². The molecule has 6 heteroatoms. The SMILES string of the molecule is CC1(C)C[C@H]2C[C@@H](O)[C@H](N3CCN(c4ccc(C#N)cc4)CC3)[C@]2(O)CO1. The van der Waals surface area contributed by atoms with Crippen molar-refractivity contribution < 1.29 is 14.9 Å². The van der Waals surface area contributed by atoms with E-state index in [1.165, 1.54) is 0 Å². The Kier molecular flexibility index (Phi) is 4.68. The van der Waals surface area contributed by atoms with E-state index in [1.807, 2.05) is 24.3 Å². The second-order valence-corrected chi connectivity index (χ2v) is 8.87. The molecule has 2 aliphatic heterocycles. The lowest BCUT2D eigenvalue weighted by Crippen LogP contribution is -2.64. The largest absolute Gasteiger partial charge is 0.391 e. The topological polar surface area (TPSA) is 80.0 Å². The third-order valence-corrected chi connectivity index (χ3v) is 6.61. The van der Waals surface area contributed by atoms with Crippen molar-refractivity contribution in [2.45, 2.75) is 50.0 Å². The molecule has 0 bridgehead atoms. The Morgan fingerprint density at radius 3 is 2.44 bits per heavy atom. The fourth-order valence-electron chi connectivity index (χ4n) is 5.19. The van der Waals surface area contributed by atoms with Crippen molar-refractivity contribution in [2.24, 2.45) is 5.92 Å². The van der Waals surface area contributed by atoms with Crippen LogP contribution in [0.25, 0.3) is 0 Å². The van der Waals surface area contributed by atoms with E-state index < -0.39 is 11.7 Å². The molecule has 146 valence electrons. The highest BCUT2D eigenvalue weighted by Crippen LogP contribution is 2.47. The van der Waals surface area contributed by atoms with E-state index >= 15 is 0 Å². The molecule has 2 saturated heterocycles. The number of anilines is 1. The van der Waals surface area contributed by atoms with Crippen LogP contribution in [-0.4, -0.2) is 71.2 Å². The van der Waals surface area contributed by atoms with Crippen LogP contribution in [0.15, 0.2) is 24.3 Å². The number of nitriles is 1. The number of nitrogens with zero attached hydrogens (tertiary/aromatic N) is 3. The lowest BCUT2D eigenvalue weighted by Gasteiger charge is -2.49. The summed E-state index contributed by atoms with van der Waals surface area (Å²) in [7, 11) is 0. The molecule has 3 aliphatic rings. The van der Waals surface area contributed by atoms with Crippen LogP contribution >= 0.6 is 0 Å². The van der Waals surface area contributed by atoms with Crippen LogP contribution < -0.4 is 4.90 Å². The minimum atomic E-state index is -0.967. The molecule has 4 rings (SSSR count). The first kappa shape index (κ1) is 18.7. The molecule has 0 aromatic heterocycles. The van der Waals surface area contributed by atoms with Crippen LogP contribution in [0.5, 0.6) is 0 Å². The summed E-state index contributed by atoms with van der Waals surface area (Å²) in [6.07, 6.45) is 0.908. The summed E-state index contributed by atoms with van der Waals surface area (Å²) < 4.78 is 5.94. The van der Waals surface area contributed by atoms with Crippen molar-refractivity contribution in [1.29, 1.82) is 5.26 Å². The van der Waals surface area contributed by atoms with Gasteiger partial charge in [0.15, 0.2) is 0 Å². The van der Waals surface area contributed by atoms with Gasteiger partial charge in [-0.3, -0.25) is 4.90 Å². The number of fused-ring (bicyclic) bond motifs is 1. The van der Waals surface area contributed by atoms with Gasteiger partial charge in [0.1, 0.15) is 5.60 Å². The van der Waals surface area contributed by atoms with Crippen molar-refractivity contribution in [1.82, 2.24) is 4.90 Å². The first-order valence-corrected chi connectivity index (χ1v) is 9.86. The molecule has 1 saturated carbocycles. The van der Waals surface area contributed by atoms with Gasteiger partial charge in [-0.05, 0) is 56.9 Å². The number of ether oxygens (including phenoxy) is 1. The number of benzene rings is 1. The van der Waals surface area contributed by atoms with Crippen molar-refractivity contribution in [3.8, 4) is 6.07 Å². The minimum Gasteiger partial charge on any atom is -0.391 e. The molecule has 4 atom stereocenters. The molecule has 6 nitrogen and oxygen atoms in total. The molecular formula is C21H29N3O3. The van der Waals surface area contributed by atoms with E-state index in [1.54, 1.807) is 0 Å². The summed E-state index contributed by atoms with van der Waals surface area (Å²) in [4.78, 5) is 4.54. The van der Waals surface area contributed by atoms with Crippen molar-refractivity contribution in [3.63, 3.8) is 0 Å². The van der Waals surface area contributed by atoms with Gasteiger partial charge in [-0.15, -0.1) is 0 Å². The maximum Gasteiger partial charge on any atom is 0.109 e. The third kappa shape index (κ3) is 3.34.